The maximum absolute atomic E-state index is 12.4. The molecule has 0 fully saturated rings. The molecule has 250 valence electrons. The fourth-order valence-corrected chi connectivity index (χ4v) is 5.66. The van der Waals surface area contributed by atoms with E-state index in [9.17, 15) is 9.59 Å². The lowest BCUT2D eigenvalue weighted by Crippen LogP contribution is -2.09. The SMILES string of the molecule is COC(=O)c1c(SC)nn(C)c1N=Nc1c(C)nn(-c2cc(-n3nc(C)c(N=Nc4c(C(=O)OC)c(SC)nn4C)c3N)ncn2)c1N. The van der Waals surface area contributed by atoms with Crippen LogP contribution in [0.15, 0.2) is 42.9 Å². The maximum atomic E-state index is 12.4. The summed E-state index contributed by atoms with van der Waals surface area (Å²) in [5.74, 6) is -0.0196. The molecule has 20 nitrogen and oxygen atoms in total. The summed E-state index contributed by atoms with van der Waals surface area (Å²) in [6, 6.07) is 1.57. The van der Waals surface area contributed by atoms with Crippen LogP contribution in [0.3, 0.4) is 0 Å². The molecule has 0 unspecified atom stereocenters. The van der Waals surface area contributed by atoms with Crippen LogP contribution in [0.4, 0.5) is 34.6 Å². The molecule has 4 N–H and O–H groups in total. The van der Waals surface area contributed by atoms with Gasteiger partial charge in [-0.3, -0.25) is 0 Å². The lowest BCUT2D eigenvalue weighted by atomic mass is 10.3. The molecular formula is C26H30N16O4S2. The minimum absolute atomic E-state index is 0.120. The van der Waals surface area contributed by atoms with Crippen molar-refractivity contribution in [1.82, 2.24) is 49.1 Å². The van der Waals surface area contributed by atoms with Crippen LogP contribution in [0.5, 0.6) is 0 Å². The van der Waals surface area contributed by atoms with Gasteiger partial charge in [-0.05, 0) is 26.4 Å². The van der Waals surface area contributed by atoms with Crippen molar-refractivity contribution in [3.8, 4) is 11.6 Å². The van der Waals surface area contributed by atoms with Gasteiger partial charge in [0.25, 0.3) is 0 Å². The van der Waals surface area contributed by atoms with Crippen LogP contribution >= 0.6 is 23.5 Å². The second-order valence-electron chi connectivity index (χ2n) is 9.74. The predicted octanol–water partition coefficient (Wildman–Crippen LogP) is 3.94. The number of hydrogen-bond donors (Lipinski definition) is 2. The van der Waals surface area contributed by atoms with Gasteiger partial charge in [0.2, 0.25) is 0 Å². The Morgan fingerprint density at radius 3 is 1.46 bits per heavy atom. The molecule has 0 bridgehead atoms. The highest BCUT2D eigenvalue weighted by molar-refractivity contribution is 7.98. The first-order chi connectivity index (χ1) is 22.9. The van der Waals surface area contributed by atoms with E-state index >= 15 is 0 Å². The molecule has 5 aromatic heterocycles. The van der Waals surface area contributed by atoms with E-state index in [1.807, 2.05) is 0 Å². The van der Waals surface area contributed by atoms with Crippen molar-refractivity contribution >= 4 is 70.1 Å². The van der Waals surface area contributed by atoms with Gasteiger partial charge in [-0.2, -0.15) is 29.8 Å². The number of carbonyl (C=O) groups is 2. The third-order valence-corrected chi connectivity index (χ3v) is 8.17. The minimum atomic E-state index is -0.597. The van der Waals surface area contributed by atoms with Gasteiger partial charge >= 0.3 is 11.9 Å². The van der Waals surface area contributed by atoms with Crippen LogP contribution in [0.25, 0.3) is 11.6 Å². The number of azo groups is 2. The van der Waals surface area contributed by atoms with Crippen molar-refractivity contribution in [1.29, 1.82) is 0 Å². The van der Waals surface area contributed by atoms with Crippen LogP contribution in [-0.4, -0.2) is 87.8 Å². The van der Waals surface area contributed by atoms with E-state index < -0.39 is 11.9 Å². The van der Waals surface area contributed by atoms with E-state index in [1.54, 1.807) is 46.5 Å². The number of nitrogens with zero attached hydrogens (tertiary/aromatic N) is 14. The first-order valence-electron chi connectivity index (χ1n) is 13.7. The quantitative estimate of drug-likeness (QED) is 0.119. The number of esters is 2. The van der Waals surface area contributed by atoms with E-state index in [1.165, 1.54) is 62.8 Å². The molecule has 0 amide bonds. The highest BCUT2D eigenvalue weighted by Crippen LogP contribution is 2.36. The molecular weight excluding hydrogens is 665 g/mol. The molecule has 0 saturated carbocycles. The zero-order valence-corrected chi connectivity index (χ0v) is 28.7. The van der Waals surface area contributed by atoms with Crippen molar-refractivity contribution in [3.05, 3.63) is 34.9 Å². The zero-order chi connectivity index (χ0) is 34.9. The third-order valence-electron chi connectivity index (χ3n) is 6.82. The number of aromatic nitrogens is 10. The minimum Gasteiger partial charge on any atom is -0.465 e. The highest BCUT2D eigenvalue weighted by Gasteiger charge is 2.26. The number of rotatable bonds is 10. The monoisotopic (exact) mass is 694 g/mol. The van der Waals surface area contributed by atoms with Crippen LogP contribution in [-0.2, 0) is 23.6 Å². The standard InChI is InChI=1S/C26H30N16O4S2/c1-11-17(31-33-21-15(25(43)45-5)23(47-7)37-39(21)3)19(27)41(35-11)13-9-14(30-10-29-13)42-20(28)18(12(2)36-42)32-34-22-16(26(44)46-6)24(48-8)38-40(22)4/h9-10H,27-28H2,1-8H3. The van der Waals surface area contributed by atoms with E-state index in [0.717, 1.165) is 0 Å². The maximum Gasteiger partial charge on any atom is 0.344 e. The summed E-state index contributed by atoms with van der Waals surface area (Å²) < 4.78 is 15.4. The molecule has 22 heteroatoms. The first kappa shape index (κ1) is 33.7. The summed E-state index contributed by atoms with van der Waals surface area (Å²) in [6.45, 7) is 3.40. The van der Waals surface area contributed by atoms with E-state index in [-0.39, 0.29) is 57.4 Å². The molecule has 5 aromatic rings. The molecule has 0 aliphatic heterocycles. The van der Waals surface area contributed by atoms with Gasteiger partial charge in [-0.1, -0.05) is 0 Å². The Bertz CT molecular complexity index is 1960. The zero-order valence-electron chi connectivity index (χ0n) is 27.0. The molecule has 0 saturated heterocycles. The number of methoxy groups -OCH3 is 2. The van der Waals surface area contributed by atoms with E-state index in [2.05, 4.69) is 50.8 Å². The van der Waals surface area contributed by atoms with Gasteiger partial charge in [0.1, 0.15) is 27.5 Å². The number of aryl methyl sites for hydroxylation is 4. The first-order valence-corrected chi connectivity index (χ1v) is 16.2. The molecule has 0 aliphatic rings. The van der Waals surface area contributed by atoms with Gasteiger partial charge < -0.3 is 20.9 Å². The second kappa shape index (κ2) is 13.6. The number of ether oxygens (including phenoxy) is 2. The second-order valence-corrected chi connectivity index (χ2v) is 11.3. The summed E-state index contributed by atoms with van der Waals surface area (Å²) in [5, 5.41) is 35.6. The summed E-state index contributed by atoms with van der Waals surface area (Å²) in [4.78, 5) is 33.5. The molecule has 0 aliphatic carbocycles. The Labute approximate surface area is 281 Å². The van der Waals surface area contributed by atoms with Crippen molar-refractivity contribution in [2.45, 2.75) is 23.9 Å². The molecule has 0 atom stereocenters. The molecule has 0 radical (unpaired) electrons. The van der Waals surface area contributed by atoms with Crippen LogP contribution in [0.2, 0.25) is 0 Å². The summed E-state index contributed by atoms with van der Waals surface area (Å²) >= 11 is 2.55. The number of anilines is 2. The highest BCUT2D eigenvalue weighted by atomic mass is 32.2. The van der Waals surface area contributed by atoms with Gasteiger partial charge in [-0.25, -0.2) is 28.9 Å². The van der Waals surface area contributed by atoms with Crippen molar-refractivity contribution in [2.24, 2.45) is 34.6 Å². The Kier molecular flexibility index (Phi) is 9.56. The summed E-state index contributed by atoms with van der Waals surface area (Å²) in [6.07, 6.45) is 4.86. The fraction of sp³-hybridized carbons (Fsp3) is 0.308. The Hall–Kier alpha value is -5.64. The average molecular weight is 695 g/mol. The van der Waals surface area contributed by atoms with Gasteiger partial charge in [0.05, 0.1) is 25.6 Å². The van der Waals surface area contributed by atoms with Crippen LogP contribution < -0.4 is 11.5 Å². The van der Waals surface area contributed by atoms with Crippen molar-refractivity contribution in [2.75, 3.05) is 38.2 Å². The molecule has 48 heavy (non-hydrogen) atoms. The van der Waals surface area contributed by atoms with Crippen molar-refractivity contribution in [3.63, 3.8) is 0 Å². The molecule has 5 heterocycles. The van der Waals surface area contributed by atoms with E-state index in [4.69, 9.17) is 20.9 Å². The summed E-state index contributed by atoms with van der Waals surface area (Å²) in [7, 11) is 5.82. The molecule has 0 aromatic carbocycles. The average Bonchev–Trinajstić information content (AvgIpc) is 3.77. The number of hydrogen-bond acceptors (Lipinski definition) is 18. The number of carbonyl (C=O) groups excluding carboxylic acids is 2. The Balaban J connectivity index is 1.49. The lowest BCUT2D eigenvalue weighted by molar-refractivity contribution is 0.0588. The smallest absolute Gasteiger partial charge is 0.344 e. The normalized spacial score (nSPS) is 11.7. The Morgan fingerprint density at radius 1 is 0.708 bits per heavy atom. The van der Waals surface area contributed by atoms with Crippen LogP contribution in [0, 0.1) is 13.8 Å². The molecule has 5 rings (SSSR count). The largest absolute Gasteiger partial charge is 0.465 e. The Morgan fingerprint density at radius 2 is 1.10 bits per heavy atom. The van der Waals surface area contributed by atoms with Gasteiger partial charge in [-0.15, -0.1) is 44.0 Å². The molecule has 0 spiro atoms. The van der Waals surface area contributed by atoms with Gasteiger partial charge in [0, 0.05) is 20.2 Å². The van der Waals surface area contributed by atoms with E-state index in [0.29, 0.717) is 21.4 Å². The summed E-state index contributed by atoms with van der Waals surface area (Å²) in [5.41, 5.74) is 14.6. The number of thioether (sulfide) groups is 2. The number of nitrogens with two attached hydrogens (primary N) is 2. The predicted molar refractivity (Wildman–Crippen MR) is 176 cm³/mol. The fourth-order valence-electron chi connectivity index (χ4n) is 4.49. The van der Waals surface area contributed by atoms with Crippen molar-refractivity contribution < 1.29 is 19.1 Å². The van der Waals surface area contributed by atoms with Crippen LogP contribution in [0.1, 0.15) is 32.1 Å². The topological polar surface area (TPSA) is 251 Å². The van der Waals surface area contributed by atoms with Gasteiger partial charge in [0.15, 0.2) is 46.3 Å². The number of nitrogen functional groups attached to an aromatic ring is 2. The third kappa shape index (κ3) is 5.97. The lowest BCUT2D eigenvalue weighted by Gasteiger charge is -2.06.